The van der Waals surface area contributed by atoms with Gasteiger partial charge < -0.3 is 5.11 Å². The Morgan fingerprint density at radius 3 is 2.79 bits per heavy atom. The Morgan fingerprint density at radius 2 is 2.16 bits per heavy atom. The number of carboxylic acids is 1. The molecule has 2 rings (SSSR count). The molecule has 1 atom stereocenters. The number of aromatic nitrogens is 1. The van der Waals surface area contributed by atoms with E-state index in [1.54, 1.807) is 0 Å². The molecule has 0 unspecified atom stereocenters. The first-order valence-electron chi connectivity index (χ1n) is 5.78. The van der Waals surface area contributed by atoms with Crippen molar-refractivity contribution in [1.82, 2.24) is 9.29 Å². The highest BCUT2D eigenvalue weighted by Gasteiger charge is 2.37. The molecular formula is C11H13BrN2O4S. The molecule has 1 fully saturated rings. The van der Waals surface area contributed by atoms with Crippen molar-refractivity contribution in [2.24, 2.45) is 0 Å². The van der Waals surface area contributed by atoms with Crippen LogP contribution < -0.4 is 0 Å². The van der Waals surface area contributed by atoms with Crippen LogP contribution in [0.5, 0.6) is 0 Å². The van der Waals surface area contributed by atoms with Crippen molar-refractivity contribution in [3.63, 3.8) is 0 Å². The summed E-state index contributed by atoms with van der Waals surface area (Å²) in [6.45, 7) is 0.228. The van der Waals surface area contributed by atoms with E-state index in [0.29, 0.717) is 17.3 Å². The average Bonchev–Trinajstić information content (AvgIpc) is 2.38. The summed E-state index contributed by atoms with van der Waals surface area (Å²) in [5, 5.41) is 9.14. The van der Waals surface area contributed by atoms with E-state index in [4.69, 9.17) is 5.11 Å². The predicted molar refractivity (Wildman–Crippen MR) is 71.1 cm³/mol. The maximum atomic E-state index is 12.5. The third-order valence-electron chi connectivity index (χ3n) is 3.03. The molecule has 0 spiro atoms. The first-order valence-corrected chi connectivity index (χ1v) is 8.01. The van der Waals surface area contributed by atoms with E-state index in [9.17, 15) is 13.2 Å². The molecule has 1 N–H and O–H groups in total. The van der Waals surface area contributed by atoms with Gasteiger partial charge in [0.15, 0.2) is 0 Å². The molecule has 1 aromatic heterocycles. The highest BCUT2D eigenvalue weighted by atomic mass is 79.9. The molecule has 0 saturated carbocycles. The van der Waals surface area contributed by atoms with Gasteiger partial charge in [0.05, 0.1) is 0 Å². The second-order valence-electron chi connectivity index (χ2n) is 4.30. The molecule has 1 aromatic rings. The van der Waals surface area contributed by atoms with E-state index in [1.807, 2.05) is 0 Å². The van der Waals surface area contributed by atoms with Crippen LogP contribution in [-0.2, 0) is 14.8 Å². The molecule has 1 saturated heterocycles. The Labute approximate surface area is 119 Å². The quantitative estimate of drug-likeness (QED) is 0.893. The summed E-state index contributed by atoms with van der Waals surface area (Å²) in [6, 6.07) is 0.438. The molecule has 0 amide bonds. The van der Waals surface area contributed by atoms with Crippen LogP contribution in [0.15, 0.2) is 27.8 Å². The largest absolute Gasteiger partial charge is 0.480 e. The lowest BCUT2D eigenvalue weighted by Crippen LogP contribution is -2.47. The number of carboxylic acid groups (broad SMARTS) is 1. The minimum Gasteiger partial charge on any atom is -0.480 e. The van der Waals surface area contributed by atoms with Gasteiger partial charge in [0.25, 0.3) is 0 Å². The number of sulfonamides is 1. The Hall–Kier alpha value is -0.990. The molecule has 19 heavy (non-hydrogen) atoms. The molecule has 104 valence electrons. The molecular weight excluding hydrogens is 336 g/mol. The Morgan fingerprint density at radius 1 is 1.42 bits per heavy atom. The van der Waals surface area contributed by atoms with Gasteiger partial charge in [0.2, 0.25) is 10.0 Å². The number of aliphatic carboxylic acids is 1. The third-order valence-corrected chi connectivity index (χ3v) is 5.33. The van der Waals surface area contributed by atoms with Crippen molar-refractivity contribution in [2.45, 2.75) is 30.2 Å². The van der Waals surface area contributed by atoms with E-state index in [-0.39, 0.29) is 11.4 Å². The molecule has 0 radical (unpaired) electrons. The van der Waals surface area contributed by atoms with Gasteiger partial charge in [-0.25, -0.2) is 8.42 Å². The maximum Gasteiger partial charge on any atom is 0.322 e. The minimum absolute atomic E-state index is 0.00928. The number of halogens is 1. The number of hydrogen-bond acceptors (Lipinski definition) is 4. The van der Waals surface area contributed by atoms with E-state index in [0.717, 1.165) is 10.7 Å². The topological polar surface area (TPSA) is 87.6 Å². The molecule has 0 aliphatic carbocycles. The van der Waals surface area contributed by atoms with E-state index in [2.05, 4.69) is 20.9 Å². The minimum atomic E-state index is -3.82. The smallest absolute Gasteiger partial charge is 0.322 e. The number of nitrogens with zero attached hydrogens (tertiary/aromatic N) is 2. The fourth-order valence-corrected chi connectivity index (χ4v) is 4.27. The zero-order valence-electron chi connectivity index (χ0n) is 9.99. The van der Waals surface area contributed by atoms with Crippen LogP contribution in [0.3, 0.4) is 0 Å². The lowest BCUT2D eigenvalue weighted by Gasteiger charge is -2.31. The molecule has 6 nitrogen and oxygen atoms in total. The van der Waals surface area contributed by atoms with Crippen LogP contribution >= 0.6 is 15.9 Å². The van der Waals surface area contributed by atoms with Crippen molar-refractivity contribution in [1.29, 1.82) is 0 Å². The van der Waals surface area contributed by atoms with Gasteiger partial charge in [0.1, 0.15) is 10.9 Å². The van der Waals surface area contributed by atoms with Crippen LogP contribution in [0.25, 0.3) is 0 Å². The summed E-state index contributed by atoms with van der Waals surface area (Å²) in [4.78, 5) is 15.0. The van der Waals surface area contributed by atoms with Gasteiger partial charge in [-0.1, -0.05) is 0 Å². The van der Waals surface area contributed by atoms with Gasteiger partial charge in [-0.3, -0.25) is 9.78 Å². The summed E-state index contributed by atoms with van der Waals surface area (Å²) in [7, 11) is -3.82. The van der Waals surface area contributed by atoms with E-state index in [1.165, 1.54) is 18.5 Å². The van der Waals surface area contributed by atoms with Crippen LogP contribution in [0.4, 0.5) is 0 Å². The molecule has 2 heterocycles. The Bertz CT molecular complexity index is 590. The van der Waals surface area contributed by atoms with Gasteiger partial charge in [0, 0.05) is 23.4 Å². The number of rotatable bonds is 3. The van der Waals surface area contributed by atoms with Crippen molar-refractivity contribution in [3.8, 4) is 0 Å². The number of piperidine rings is 1. The summed E-state index contributed by atoms with van der Waals surface area (Å²) >= 11 is 3.16. The van der Waals surface area contributed by atoms with Crippen molar-refractivity contribution < 1.29 is 18.3 Å². The highest BCUT2D eigenvalue weighted by Crippen LogP contribution is 2.26. The predicted octanol–water partition coefficient (Wildman–Crippen LogP) is 1.47. The average molecular weight is 349 g/mol. The highest BCUT2D eigenvalue weighted by molar-refractivity contribution is 9.10. The summed E-state index contributed by atoms with van der Waals surface area (Å²) in [5.41, 5.74) is 0. The second kappa shape index (κ2) is 5.56. The number of hydrogen-bond donors (Lipinski definition) is 1. The van der Waals surface area contributed by atoms with E-state index < -0.39 is 22.0 Å². The fourth-order valence-electron chi connectivity index (χ4n) is 2.11. The van der Waals surface area contributed by atoms with Gasteiger partial charge in [-0.2, -0.15) is 4.31 Å². The molecule has 8 heteroatoms. The van der Waals surface area contributed by atoms with E-state index >= 15 is 0 Å². The summed E-state index contributed by atoms with van der Waals surface area (Å²) in [6.07, 6.45) is 4.44. The first kappa shape index (κ1) is 14.4. The van der Waals surface area contributed by atoms with Crippen LogP contribution in [0, 0.1) is 0 Å². The summed E-state index contributed by atoms with van der Waals surface area (Å²) in [5.74, 6) is -1.11. The van der Waals surface area contributed by atoms with Crippen LogP contribution in [0.2, 0.25) is 0 Å². The molecule has 1 aliphatic rings. The van der Waals surface area contributed by atoms with Crippen molar-refractivity contribution >= 4 is 31.9 Å². The number of carbonyl (C=O) groups is 1. The monoisotopic (exact) mass is 348 g/mol. The number of pyridine rings is 1. The molecule has 0 bridgehead atoms. The van der Waals surface area contributed by atoms with Crippen LogP contribution in [-0.4, -0.2) is 41.4 Å². The van der Waals surface area contributed by atoms with Crippen molar-refractivity contribution in [3.05, 3.63) is 22.9 Å². The van der Waals surface area contributed by atoms with Gasteiger partial charge in [-0.05, 0) is 41.3 Å². The van der Waals surface area contributed by atoms with Crippen LogP contribution in [0.1, 0.15) is 19.3 Å². The lowest BCUT2D eigenvalue weighted by molar-refractivity contribution is -0.142. The zero-order valence-corrected chi connectivity index (χ0v) is 12.4. The van der Waals surface area contributed by atoms with Gasteiger partial charge in [-0.15, -0.1) is 0 Å². The first-order chi connectivity index (χ1) is 8.93. The maximum absolute atomic E-state index is 12.5. The SMILES string of the molecule is O=C(O)[C@H]1CCCCN1S(=O)(=O)c1cncc(Br)c1. The summed E-state index contributed by atoms with van der Waals surface area (Å²) < 4.78 is 26.5. The van der Waals surface area contributed by atoms with Gasteiger partial charge >= 0.3 is 5.97 Å². The zero-order chi connectivity index (χ0) is 14.0. The molecule has 0 aromatic carbocycles. The Balaban J connectivity index is 2.40. The standard InChI is InChI=1S/C11H13BrN2O4S/c12-8-5-9(7-13-6-8)19(17,18)14-4-2-1-3-10(14)11(15)16/h5-7,10H,1-4H2,(H,15,16)/t10-/m1/s1. The second-order valence-corrected chi connectivity index (χ2v) is 7.11. The van der Waals surface area contributed by atoms with Crippen molar-refractivity contribution in [2.75, 3.05) is 6.54 Å². The lowest BCUT2D eigenvalue weighted by atomic mass is 10.1. The third kappa shape index (κ3) is 2.96. The fraction of sp³-hybridized carbons (Fsp3) is 0.455. The normalized spacial score (nSPS) is 21.2. The Kier molecular flexibility index (Phi) is 4.22. The molecule has 1 aliphatic heterocycles.